The Hall–Kier alpha value is -2.04. The lowest BCUT2D eigenvalue weighted by Gasteiger charge is -2.33. The van der Waals surface area contributed by atoms with Crippen LogP contribution >= 0.6 is 0 Å². The van der Waals surface area contributed by atoms with E-state index in [1.807, 2.05) is 17.0 Å². The number of hydrogen-bond acceptors (Lipinski definition) is 2. The molecule has 3 amide bonds. The van der Waals surface area contributed by atoms with Gasteiger partial charge in [0, 0.05) is 30.7 Å². The van der Waals surface area contributed by atoms with Gasteiger partial charge in [-0.1, -0.05) is 50.7 Å². The molecule has 3 fully saturated rings. The maximum Gasteiger partial charge on any atom is 0.315 e. The number of nitrogens with zero attached hydrogens (tertiary/aromatic N) is 1. The van der Waals surface area contributed by atoms with E-state index in [4.69, 9.17) is 0 Å². The smallest absolute Gasteiger partial charge is 0.315 e. The van der Waals surface area contributed by atoms with Crippen LogP contribution in [0.25, 0.3) is 0 Å². The van der Waals surface area contributed by atoms with Crippen molar-refractivity contribution in [2.45, 2.75) is 95.1 Å². The number of nitrogens with one attached hydrogen (secondary N) is 2. The molecule has 0 radical (unpaired) electrons. The van der Waals surface area contributed by atoms with Gasteiger partial charge >= 0.3 is 6.03 Å². The Morgan fingerprint density at radius 2 is 1.23 bits per heavy atom. The highest BCUT2D eigenvalue weighted by Gasteiger charge is 2.26. The van der Waals surface area contributed by atoms with E-state index in [-0.39, 0.29) is 18.0 Å². The minimum absolute atomic E-state index is 0.0371. The number of piperidine rings is 1. The van der Waals surface area contributed by atoms with Gasteiger partial charge in [0.25, 0.3) is 5.91 Å². The largest absolute Gasteiger partial charge is 0.338 e. The van der Waals surface area contributed by atoms with Gasteiger partial charge in [0.1, 0.15) is 0 Å². The molecule has 1 heterocycles. The van der Waals surface area contributed by atoms with Crippen LogP contribution in [0.4, 0.5) is 4.79 Å². The number of carbonyl (C=O) groups excluding carboxylic acids is 2. The zero-order valence-corrected chi connectivity index (χ0v) is 18.2. The summed E-state index contributed by atoms with van der Waals surface area (Å²) in [5.74, 6) is 0.791. The molecular weight excluding hydrogens is 374 g/mol. The number of carbonyl (C=O) groups is 2. The lowest BCUT2D eigenvalue weighted by atomic mass is 9.84. The van der Waals surface area contributed by atoms with Gasteiger partial charge in [0.15, 0.2) is 0 Å². The summed E-state index contributed by atoms with van der Waals surface area (Å²) < 4.78 is 0. The molecule has 1 aliphatic heterocycles. The van der Waals surface area contributed by atoms with E-state index in [9.17, 15) is 9.59 Å². The van der Waals surface area contributed by atoms with E-state index in [1.54, 1.807) is 0 Å². The van der Waals surface area contributed by atoms with Crippen LogP contribution in [0.5, 0.6) is 0 Å². The molecular formula is C25H37N3O2. The van der Waals surface area contributed by atoms with Crippen LogP contribution in [0.15, 0.2) is 24.3 Å². The quantitative estimate of drug-likeness (QED) is 0.735. The Morgan fingerprint density at radius 1 is 0.700 bits per heavy atom. The van der Waals surface area contributed by atoms with Crippen molar-refractivity contribution in [1.82, 2.24) is 15.5 Å². The van der Waals surface area contributed by atoms with E-state index < -0.39 is 0 Å². The van der Waals surface area contributed by atoms with E-state index in [2.05, 4.69) is 22.8 Å². The zero-order valence-electron chi connectivity index (χ0n) is 18.2. The van der Waals surface area contributed by atoms with Gasteiger partial charge in [-0.15, -0.1) is 0 Å². The molecule has 2 aliphatic carbocycles. The molecule has 1 saturated heterocycles. The molecule has 5 nitrogen and oxygen atoms in total. The van der Waals surface area contributed by atoms with Gasteiger partial charge in [-0.2, -0.15) is 0 Å². The summed E-state index contributed by atoms with van der Waals surface area (Å²) in [5, 5.41) is 6.25. The fraction of sp³-hybridized carbons (Fsp3) is 0.680. The molecule has 4 rings (SSSR count). The lowest BCUT2D eigenvalue weighted by molar-refractivity contribution is 0.0708. The van der Waals surface area contributed by atoms with Crippen molar-refractivity contribution < 1.29 is 9.59 Å². The molecule has 2 N–H and O–H groups in total. The fourth-order valence-electron chi connectivity index (χ4n) is 5.40. The van der Waals surface area contributed by atoms with Crippen LogP contribution in [0.3, 0.4) is 0 Å². The van der Waals surface area contributed by atoms with Crippen LogP contribution in [0.1, 0.15) is 98.9 Å². The normalized spacial score (nSPS) is 21.9. The Morgan fingerprint density at radius 3 is 1.83 bits per heavy atom. The summed E-state index contributed by atoms with van der Waals surface area (Å²) in [5.41, 5.74) is 2.18. The van der Waals surface area contributed by atoms with Crippen LogP contribution in [-0.4, -0.2) is 42.0 Å². The van der Waals surface area contributed by atoms with Crippen molar-refractivity contribution in [1.29, 1.82) is 0 Å². The van der Waals surface area contributed by atoms with Crippen LogP contribution in [0.2, 0.25) is 0 Å². The van der Waals surface area contributed by atoms with Gasteiger partial charge < -0.3 is 15.5 Å². The molecule has 0 unspecified atom stereocenters. The SMILES string of the molecule is O=C(NC1CCCCC1)NC1CCN(C(=O)c2ccc(C3CCCCC3)cc2)CC1. The highest BCUT2D eigenvalue weighted by Crippen LogP contribution is 2.32. The number of rotatable bonds is 4. The summed E-state index contributed by atoms with van der Waals surface area (Å²) in [6.07, 6.45) is 14.1. The Labute approximate surface area is 181 Å². The van der Waals surface area contributed by atoms with E-state index in [0.29, 0.717) is 25.0 Å². The Bertz CT molecular complexity index is 698. The lowest BCUT2D eigenvalue weighted by Crippen LogP contribution is -2.51. The van der Waals surface area contributed by atoms with Crippen molar-refractivity contribution in [3.63, 3.8) is 0 Å². The maximum absolute atomic E-state index is 12.9. The molecule has 30 heavy (non-hydrogen) atoms. The van der Waals surface area contributed by atoms with Crippen molar-refractivity contribution in [2.24, 2.45) is 0 Å². The van der Waals surface area contributed by atoms with Crippen molar-refractivity contribution in [3.05, 3.63) is 35.4 Å². The topological polar surface area (TPSA) is 61.4 Å². The standard InChI is InChI=1S/C25H37N3O2/c29-24(21-13-11-20(12-14-21)19-7-3-1-4-8-19)28-17-15-23(16-18-28)27-25(30)26-22-9-5-2-6-10-22/h11-14,19,22-23H,1-10,15-18H2,(H2,26,27,30). The second-order valence-electron chi connectivity index (χ2n) is 9.48. The first-order valence-corrected chi connectivity index (χ1v) is 12.2. The molecule has 0 atom stereocenters. The van der Waals surface area contributed by atoms with Crippen molar-refractivity contribution in [3.8, 4) is 0 Å². The fourth-order valence-corrected chi connectivity index (χ4v) is 5.40. The third kappa shape index (κ3) is 5.55. The first-order valence-electron chi connectivity index (χ1n) is 12.2. The molecule has 0 aromatic heterocycles. The van der Waals surface area contributed by atoms with Crippen LogP contribution in [0, 0.1) is 0 Å². The number of amides is 3. The average Bonchev–Trinajstić information content (AvgIpc) is 2.80. The minimum atomic E-state index is -0.0371. The Balaban J connectivity index is 1.22. The van der Waals surface area contributed by atoms with Crippen LogP contribution in [-0.2, 0) is 0 Å². The molecule has 3 aliphatic rings. The molecule has 2 saturated carbocycles. The van der Waals surface area contributed by atoms with Crippen LogP contribution < -0.4 is 10.6 Å². The maximum atomic E-state index is 12.9. The third-order valence-corrected chi connectivity index (χ3v) is 7.29. The molecule has 164 valence electrons. The molecule has 5 heteroatoms. The number of benzene rings is 1. The summed E-state index contributed by atoms with van der Waals surface area (Å²) >= 11 is 0. The second-order valence-corrected chi connectivity index (χ2v) is 9.48. The number of likely N-dealkylation sites (tertiary alicyclic amines) is 1. The van der Waals surface area contributed by atoms with Crippen molar-refractivity contribution >= 4 is 11.9 Å². The van der Waals surface area contributed by atoms with E-state index >= 15 is 0 Å². The molecule has 1 aromatic carbocycles. The van der Waals surface area contributed by atoms with E-state index in [1.165, 1.54) is 56.9 Å². The number of hydrogen-bond donors (Lipinski definition) is 2. The summed E-state index contributed by atoms with van der Waals surface area (Å²) in [4.78, 5) is 27.1. The van der Waals surface area contributed by atoms with Gasteiger partial charge in [0.2, 0.25) is 0 Å². The second kappa shape index (κ2) is 10.3. The van der Waals surface area contributed by atoms with Gasteiger partial charge in [-0.05, 0) is 62.1 Å². The summed E-state index contributed by atoms with van der Waals surface area (Å²) in [6.45, 7) is 1.41. The Kier molecular flexibility index (Phi) is 7.29. The molecule has 0 bridgehead atoms. The highest BCUT2D eigenvalue weighted by molar-refractivity contribution is 5.94. The van der Waals surface area contributed by atoms with Gasteiger partial charge in [-0.3, -0.25) is 4.79 Å². The first-order chi connectivity index (χ1) is 14.7. The third-order valence-electron chi connectivity index (χ3n) is 7.29. The number of urea groups is 1. The summed E-state index contributed by atoms with van der Waals surface area (Å²) in [7, 11) is 0. The predicted octanol–water partition coefficient (Wildman–Crippen LogP) is 4.97. The average molecular weight is 412 g/mol. The van der Waals surface area contributed by atoms with Gasteiger partial charge in [0.05, 0.1) is 0 Å². The minimum Gasteiger partial charge on any atom is -0.338 e. The van der Waals surface area contributed by atoms with Crippen molar-refractivity contribution in [2.75, 3.05) is 13.1 Å². The molecule has 0 spiro atoms. The predicted molar refractivity (Wildman–Crippen MR) is 120 cm³/mol. The van der Waals surface area contributed by atoms with Gasteiger partial charge in [-0.25, -0.2) is 4.79 Å². The van der Waals surface area contributed by atoms with E-state index in [0.717, 1.165) is 31.2 Å². The summed E-state index contributed by atoms with van der Waals surface area (Å²) in [6, 6.07) is 8.79. The molecule has 1 aromatic rings. The zero-order chi connectivity index (χ0) is 20.8. The first kappa shape index (κ1) is 21.2. The monoisotopic (exact) mass is 411 g/mol. The highest BCUT2D eigenvalue weighted by atomic mass is 16.2.